The SMILES string of the molecule is O=C1c2ccccc2C(=O)N1N1CC(O)C(O)C(CO)C1. The maximum Gasteiger partial charge on any atom is 0.276 e. The number of β-amino-alcohol motifs (C(OH)–C–C–N with tert-alkyl or cyclic N) is 1. The van der Waals surface area contributed by atoms with E-state index in [4.69, 9.17) is 0 Å². The summed E-state index contributed by atoms with van der Waals surface area (Å²) in [6.07, 6.45) is -2.19. The molecule has 1 aromatic rings. The van der Waals surface area contributed by atoms with E-state index in [0.717, 1.165) is 5.01 Å². The second-order valence-corrected chi connectivity index (χ2v) is 5.34. The minimum absolute atomic E-state index is 0.0386. The van der Waals surface area contributed by atoms with E-state index in [2.05, 4.69) is 0 Å². The van der Waals surface area contributed by atoms with Gasteiger partial charge in [0.15, 0.2) is 0 Å². The molecule has 0 aliphatic carbocycles. The normalized spacial score (nSPS) is 29.9. The first kappa shape index (κ1) is 14.2. The molecular weight excluding hydrogens is 276 g/mol. The van der Waals surface area contributed by atoms with Gasteiger partial charge in [0.2, 0.25) is 0 Å². The van der Waals surface area contributed by atoms with Gasteiger partial charge in [-0.15, -0.1) is 0 Å². The number of aliphatic hydroxyl groups is 3. The second-order valence-electron chi connectivity index (χ2n) is 5.34. The van der Waals surface area contributed by atoms with Gasteiger partial charge in [-0.1, -0.05) is 12.1 Å². The van der Waals surface area contributed by atoms with Gasteiger partial charge in [-0.25, -0.2) is 10.0 Å². The number of nitrogens with zero attached hydrogens (tertiary/aromatic N) is 2. The molecule has 1 fully saturated rings. The number of carbonyl (C=O) groups is 2. The molecule has 1 aromatic carbocycles. The summed E-state index contributed by atoms with van der Waals surface area (Å²) in [6.45, 7) is -0.249. The van der Waals surface area contributed by atoms with Gasteiger partial charge < -0.3 is 15.3 Å². The zero-order valence-electron chi connectivity index (χ0n) is 11.2. The first-order chi connectivity index (χ1) is 10.0. The lowest BCUT2D eigenvalue weighted by atomic mass is 9.94. The van der Waals surface area contributed by atoms with Crippen LogP contribution in [0, 0.1) is 5.92 Å². The standard InChI is InChI=1S/C14H16N2O5/c17-7-8-5-15(6-11(18)12(8)19)16-13(20)9-3-1-2-4-10(9)14(16)21/h1-4,8,11-12,17-19H,5-7H2. The fourth-order valence-electron chi connectivity index (χ4n) is 2.85. The fraction of sp³-hybridized carbons (Fsp3) is 0.429. The highest BCUT2D eigenvalue weighted by Gasteiger charge is 2.44. The van der Waals surface area contributed by atoms with Crippen LogP contribution in [-0.4, -0.2) is 69.1 Å². The number of carbonyl (C=O) groups excluding carboxylic acids is 2. The molecule has 3 N–H and O–H groups in total. The number of amides is 2. The summed E-state index contributed by atoms with van der Waals surface area (Å²) in [5.74, 6) is -1.51. The molecule has 3 unspecified atom stereocenters. The van der Waals surface area contributed by atoms with Crippen molar-refractivity contribution in [2.24, 2.45) is 5.92 Å². The van der Waals surface area contributed by atoms with Crippen LogP contribution in [0.5, 0.6) is 0 Å². The smallest absolute Gasteiger partial charge is 0.276 e. The summed E-state index contributed by atoms with van der Waals surface area (Å²) in [7, 11) is 0. The van der Waals surface area contributed by atoms with Crippen LogP contribution in [0.15, 0.2) is 24.3 Å². The summed E-state index contributed by atoms with van der Waals surface area (Å²) in [6, 6.07) is 6.51. The highest BCUT2D eigenvalue weighted by molar-refractivity contribution is 6.20. The molecule has 2 aliphatic rings. The third-order valence-corrected chi connectivity index (χ3v) is 4.01. The minimum atomic E-state index is -1.12. The van der Waals surface area contributed by atoms with Gasteiger partial charge in [0.1, 0.15) is 0 Å². The molecule has 112 valence electrons. The maximum absolute atomic E-state index is 12.3. The molecule has 1 saturated heterocycles. The van der Waals surface area contributed by atoms with Gasteiger partial charge in [-0.3, -0.25) is 9.59 Å². The van der Waals surface area contributed by atoms with Crippen molar-refractivity contribution in [1.82, 2.24) is 10.0 Å². The molecule has 0 aromatic heterocycles. The third kappa shape index (κ3) is 2.14. The van der Waals surface area contributed by atoms with E-state index >= 15 is 0 Å². The van der Waals surface area contributed by atoms with E-state index in [1.54, 1.807) is 24.3 Å². The molecule has 0 radical (unpaired) electrons. The first-order valence-corrected chi connectivity index (χ1v) is 6.74. The Morgan fingerprint density at radius 2 is 1.62 bits per heavy atom. The Morgan fingerprint density at radius 1 is 1.05 bits per heavy atom. The molecule has 7 nitrogen and oxygen atoms in total. The van der Waals surface area contributed by atoms with Crippen molar-refractivity contribution >= 4 is 11.8 Å². The lowest BCUT2D eigenvalue weighted by Crippen LogP contribution is -2.60. The van der Waals surface area contributed by atoms with E-state index in [0.29, 0.717) is 11.1 Å². The fourth-order valence-corrected chi connectivity index (χ4v) is 2.85. The predicted octanol–water partition coefficient (Wildman–Crippen LogP) is -1.16. The van der Waals surface area contributed by atoms with Crippen molar-refractivity contribution in [3.05, 3.63) is 35.4 Å². The van der Waals surface area contributed by atoms with Gasteiger partial charge in [0.25, 0.3) is 11.8 Å². The Kier molecular flexibility index (Phi) is 3.50. The first-order valence-electron chi connectivity index (χ1n) is 6.74. The highest BCUT2D eigenvalue weighted by atomic mass is 16.3. The van der Waals surface area contributed by atoms with Crippen molar-refractivity contribution in [2.45, 2.75) is 12.2 Å². The van der Waals surface area contributed by atoms with Gasteiger partial charge in [0.05, 0.1) is 23.3 Å². The lowest BCUT2D eigenvalue weighted by Gasteiger charge is -2.41. The zero-order chi connectivity index (χ0) is 15.1. The van der Waals surface area contributed by atoms with Crippen molar-refractivity contribution in [3.8, 4) is 0 Å². The number of hydrazine groups is 1. The van der Waals surface area contributed by atoms with Crippen molar-refractivity contribution in [2.75, 3.05) is 19.7 Å². The Labute approximate surface area is 121 Å². The highest BCUT2D eigenvalue weighted by Crippen LogP contribution is 2.27. The number of benzene rings is 1. The number of rotatable bonds is 2. The van der Waals surface area contributed by atoms with E-state index < -0.39 is 29.9 Å². The van der Waals surface area contributed by atoms with Crippen LogP contribution >= 0.6 is 0 Å². The van der Waals surface area contributed by atoms with Crippen molar-refractivity contribution in [3.63, 3.8) is 0 Å². The summed E-state index contributed by atoms with van der Waals surface area (Å²) in [5, 5.41) is 31.3. The largest absolute Gasteiger partial charge is 0.396 e. The topological polar surface area (TPSA) is 101 Å². The van der Waals surface area contributed by atoms with Crippen LogP contribution in [0.1, 0.15) is 20.7 Å². The number of fused-ring (bicyclic) bond motifs is 1. The minimum Gasteiger partial charge on any atom is -0.396 e. The van der Waals surface area contributed by atoms with Crippen LogP contribution in [0.25, 0.3) is 0 Å². The van der Waals surface area contributed by atoms with Crippen molar-refractivity contribution < 1.29 is 24.9 Å². The summed E-state index contributed by atoms with van der Waals surface area (Å²) in [5.41, 5.74) is 0.646. The molecule has 21 heavy (non-hydrogen) atoms. The Morgan fingerprint density at radius 3 is 2.14 bits per heavy atom. The third-order valence-electron chi connectivity index (χ3n) is 4.01. The molecule has 0 spiro atoms. The van der Waals surface area contributed by atoms with Crippen LogP contribution < -0.4 is 0 Å². The van der Waals surface area contributed by atoms with Crippen molar-refractivity contribution in [1.29, 1.82) is 0 Å². The lowest BCUT2D eigenvalue weighted by molar-refractivity contribution is -0.124. The average Bonchev–Trinajstić information content (AvgIpc) is 2.74. The second kappa shape index (κ2) is 5.19. The predicted molar refractivity (Wildman–Crippen MR) is 71.1 cm³/mol. The molecule has 3 atom stereocenters. The average molecular weight is 292 g/mol. The maximum atomic E-state index is 12.3. The van der Waals surface area contributed by atoms with E-state index in [9.17, 15) is 24.9 Å². The molecule has 2 amide bonds. The molecule has 2 heterocycles. The van der Waals surface area contributed by atoms with E-state index in [1.807, 2.05) is 0 Å². The van der Waals surface area contributed by atoms with E-state index in [-0.39, 0.29) is 19.7 Å². The zero-order valence-corrected chi connectivity index (χ0v) is 11.2. The summed E-state index contributed by atoms with van der Waals surface area (Å²) < 4.78 is 0. The van der Waals surface area contributed by atoms with E-state index in [1.165, 1.54) is 5.01 Å². The number of imide groups is 1. The number of aliphatic hydroxyl groups excluding tert-OH is 3. The number of piperidine rings is 1. The summed E-state index contributed by atoms with van der Waals surface area (Å²) >= 11 is 0. The Balaban J connectivity index is 1.89. The Hall–Kier alpha value is -1.80. The molecule has 0 saturated carbocycles. The van der Waals surface area contributed by atoms with Gasteiger partial charge in [0, 0.05) is 25.6 Å². The number of hydrogen-bond donors (Lipinski definition) is 3. The molecule has 0 bridgehead atoms. The molecule has 3 rings (SSSR count). The molecular formula is C14H16N2O5. The molecule has 7 heteroatoms. The molecule has 2 aliphatic heterocycles. The van der Waals surface area contributed by atoms with Gasteiger partial charge in [-0.2, -0.15) is 0 Å². The number of hydrogen-bond acceptors (Lipinski definition) is 6. The van der Waals surface area contributed by atoms with Crippen LogP contribution in [0.4, 0.5) is 0 Å². The van der Waals surface area contributed by atoms with Crippen LogP contribution in [0.2, 0.25) is 0 Å². The Bertz CT molecular complexity index is 555. The quantitative estimate of drug-likeness (QED) is 0.595. The van der Waals surface area contributed by atoms with Gasteiger partial charge >= 0.3 is 0 Å². The van der Waals surface area contributed by atoms with Gasteiger partial charge in [-0.05, 0) is 12.1 Å². The monoisotopic (exact) mass is 292 g/mol. The summed E-state index contributed by atoms with van der Waals surface area (Å²) in [4.78, 5) is 24.7. The van der Waals surface area contributed by atoms with Crippen LogP contribution in [0.3, 0.4) is 0 Å². The van der Waals surface area contributed by atoms with Crippen LogP contribution in [-0.2, 0) is 0 Å².